The first-order valence-electron chi connectivity index (χ1n) is 7.21. The Labute approximate surface area is 158 Å². The van der Waals surface area contributed by atoms with Crippen molar-refractivity contribution >= 4 is 51.6 Å². The lowest BCUT2D eigenvalue weighted by atomic mass is 9.72. The Hall–Kier alpha value is -1.38. The van der Waals surface area contributed by atoms with Gasteiger partial charge in [0.1, 0.15) is 15.9 Å². The maximum atomic E-state index is 11.9. The molecule has 2 rings (SSSR count). The van der Waals surface area contributed by atoms with Crippen molar-refractivity contribution in [1.29, 1.82) is 0 Å². The first kappa shape index (κ1) is 19.9. The monoisotopic (exact) mass is 482 g/mol. The third-order valence-corrected chi connectivity index (χ3v) is 4.57. The van der Waals surface area contributed by atoms with Crippen molar-refractivity contribution in [3.05, 3.63) is 29.3 Å². The highest BCUT2D eigenvalue weighted by Gasteiger charge is 2.37. The van der Waals surface area contributed by atoms with Crippen molar-refractivity contribution in [2.75, 3.05) is 10.4 Å². The fraction of sp³-hybridized carbons (Fsp3) is 0.385. The minimum Gasteiger partial charge on any atom is -0.534 e. The minimum atomic E-state index is -3.75. The molecule has 0 fully saturated rings. The average molecular weight is 482 g/mol. The Balaban J connectivity index is 2.10. The molecule has 1 aliphatic heterocycles. The van der Waals surface area contributed by atoms with E-state index in [9.17, 15) is 23.0 Å². The van der Waals surface area contributed by atoms with Crippen molar-refractivity contribution in [2.45, 2.75) is 18.8 Å². The Morgan fingerprint density at radius 2 is 2.20 bits per heavy atom. The van der Waals surface area contributed by atoms with Crippen molar-refractivity contribution in [1.82, 2.24) is 5.32 Å². The second kappa shape index (κ2) is 8.34. The van der Waals surface area contributed by atoms with Gasteiger partial charge in [-0.3, -0.25) is 4.79 Å². The number of hydrogen-bond donors (Lipinski definition) is 3. The highest BCUT2D eigenvalue weighted by molar-refractivity contribution is 14.1. The molecule has 0 radical (unpaired) electrons. The van der Waals surface area contributed by atoms with E-state index in [4.69, 9.17) is 14.5 Å². The number of sulfonamides is 1. The van der Waals surface area contributed by atoms with Gasteiger partial charge in [-0.05, 0) is 40.6 Å². The van der Waals surface area contributed by atoms with Crippen LogP contribution in [-0.4, -0.2) is 48.7 Å². The molecule has 0 unspecified atom stereocenters. The molecule has 0 saturated heterocycles. The van der Waals surface area contributed by atoms with Crippen LogP contribution in [0.1, 0.15) is 22.3 Å². The highest BCUT2D eigenvalue weighted by atomic mass is 127. The number of ether oxygens (including phenoxy) is 1. The van der Waals surface area contributed by atoms with Crippen molar-refractivity contribution < 1.29 is 32.4 Å². The number of rotatable bonds is 6. The number of nitrogens with two attached hydrogens (primary N) is 1. The van der Waals surface area contributed by atoms with Crippen LogP contribution < -0.4 is 15.1 Å². The Kier molecular flexibility index (Phi) is 6.65. The largest absolute Gasteiger partial charge is 0.547 e. The number of para-hydroxylation sites is 1. The van der Waals surface area contributed by atoms with E-state index in [2.05, 4.69) is 5.32 Å². The zero-order valence-corrected chi connectivity index (χ0v) is 15.9. The summed E-state index contributed by atoms with van der Waals surface area (Å²) in [6, 6.07) is 4.86. The summed E-state index contributed by atoms with van der Waals surface area (Å²) in [5.41, 5.74) is 0.803. The van der Waals surface area contributed by atoms with Gasteiger partial charge in [-0.2, -0.15) is 0 Å². The molecular weight excluding hydrogens is 466 g/mol. The number of esters is 1. The normalized spacial score (nSPS) is 16.6. The standard InChI is InChI=1S/C13H16BIN2O7S/c15-7-23-13(19)9-3-1-2-8-6-10(14(20)24-12(8)9)17-11(18)4-5-25(16,21)22/h1-3,10,20H,4-7H2,(H,17,18)(H2,16,21,22)/t10-/m0/s1. The second-order valence-electron chi connectivity index (χ2n) is 5.34. The number of hydrogen-bond acceptors (Lipinski definition) is 7. The van der Waals surface area contributed by atoms with Gasteiger partial charge in [0.25, 0.3) is 0 Å². The lowest BCUT2D eigenvalue weighted by molar-refractivity contribution is -0.121. The van der Waals surface area contributed by atoms with E-state index in [-0.39, 0.29) is 28.8 Å². The summed E-state index contributed by atoms with van der Waals surface area (Å²) < 4.78 is 32.3. The first-order chi connectivity index (χ1) is 11.7. The number of alkyl halides is 1. The van der Waals surface area contributed by atoms with Crippen LogP contribution in [0.3, 0.4) is 0 Å². The minimum absolute atomic E-state index is 0.172. The van der Waals surface area contributed by atoms with Crippen molar-refractivity contribution in [3.63, 3.8) is 0 Å². The fourth-order valence-corrected chi connectivity index (χ4v) is 3.10. The summed E-state index contributed by atoms with van der Waals surface area (Å²) >= 11 is 1.89. The lowest BCUT2D eigenvalue weighted by Crippen LogP contribution is -2.53. The van der Waals surface area contributed by atoms with Gasteiger partial charge in [0.15, 0.2) is 0 Å². The van der Waals surface area contributed by atoms with Gasteiger partial charge in [0, 0.05) is 6.42 Å². The summed E-state index contributed by atoms with van der Waals surface area (Å²) in [6.07, 6.45) is -0.111. The van der Waals surface area contributed by atoms with Crippen LogP contribution in [0.15, 0.2) is 18.2 Å². The molecule has 1 amide bonds. The molecule has 9 nitrogen and oxygen atoms in total. The molecule has 4 N–H and O–H groups in total. The summed E-state index contributed by atoms with van der Waals surface area (Å²) in [5.74, 6) is -2.22. The topological polar surface area (TPSA) is 145 Å². The molecule has 0 spiro atoms. The van der Waals surface area contributed by atoms with Crippen LogP contribution in [0.2, 0.25) is 0 Å². The number of nitrogens with one attached hydrogen (secondary N) is 1. The van der Waals surface area contributed by atoms with Gasteiger partial charge in [0.05, 0.1) is 11.7 Å². The molecule has 0 bridgehead atoms. The highest BCUT2D eigenvalue weighted by Crippen LogP contribution is 2.30. The predicted molar refractivity (Wildman–Crippen MR) is 97.6 cm³/mol. The summed E-state index contributed by atoms with van der Waals surface area (Å²) in [4.78, 5) is 23.7. The summed E-state index contributed by atoms with van der Waals surface area (Å²) in [5, 5.41) is 17.5. The third-order valence-electron chi connectivity index (χ3n) is 3.48. The van der Waals surface area contributed by atoms with Gasteiger partial charge in [0.2, 0.25) is 15.9 Å². The number of carbonyl (C=O) groups excluding carboxylic acids is 2. The molecule has 1 aromatic carbocycles. The second-order valence-corrected chi connectivity index (χ2v) is 7.70. The quantitative estimate of drug-likeness (QED) is 0.212. The number of halogens is 1. The molecule has 136 valence electrons. The fourth-order valence-electron chi connectivity index (χ4n) is 2.35. The predicted octanol–water partition coefficient (Wildman–Crippen LogP) is -0.646. The van der Waals surface area contributed by atoms with E-state index >= 15 is 0 Å². The van der Waals surface area contributed by atoms with Gasteiger partial charge >= 0.3 is 13.1 Å². The summed E-state index contributed by atoms with van der Waals surface area (Å²) in [7, 11) is -5.14. The molecule has 1 atom stereocenters. The number of benzene rings is 1. The molecule has 0 saturated carbocycles. The van der Waals surface area contributed by atoms with E-state index in [0.717, 1.165) is 0 Å². The Morgan fingerprint density at radius 3 is 2.84 bits per heavy atom. The van der Waals surface area contributed by atoms with Crippen molar-refractivity contribution in [2.24, 2.45) is 5.14 Å². The first-order valence-corrected chi connectivity index (χ1v) is 10.4. The maximum Gasteiger partial charge on any atom is 0.547 e. The van der Waals surface area contributed by atoms with Gasteiger partial charge in [-0.1, -0.05) is 12.1 Å². The van der Waals surface area contributed by atoms with E-state index in [1.54, 1.807) is 12.1 Å². The molecule has 25 heavy (non-hydrogen) atoms. The van der Waals surface area contributed by atoms with Crippen LogP contribution >= 0.6 is 22.6 Å². The van der Waals surface area contributed by atoms with Crippen LogP contribution in [0.25, 0.3) is 0 Å². The summed E-state index contributed by atoms with van der Waals surface area (Å²) in [6.45, 7) is 0. The number of amides is 1. The van der Waals surface area contributed by atoms with E-state index in [0.29, 0.717) is 5.56 Å². The maximum absolute atomic E-state index is 11.9. The van der Waals surface area contributed by atoms with Gasteiger partial charge in [-0.15, -0.1) is 0 Å². The van der Waals surface area contributed by atoms with Crippen LogP contribution in [0.5, 0.6) is 5.75 Å². The molecule has 1 aliphatic rings. The lowest BCUT2D eigenvalue weighted by Gasteiger charge is -2.29. The molecule has 12 heteroatoms. The van der Waals surface area contributed by atoms with E-state index in [1.807, 2.05) is 22.6 Å². The zero-order chi connectivity index (χ0) is 18.6. The molecular formula is C13H16BIN2O7S. The van der Waals surface area contributed by atoms with Crippen molar-refractivity contribution in [3.8, 4) is 5.75 Å². The zero-order valence-electron chi connectivity index (χ0n) is 13.0. The Bertz CT molecular complexity index is 774. The SMILES string of the molecule is NS(=O)(=O)CCC(=O)N[C@H]1Cc2cccc(C(=O)OCI)c2OB1O. The number of carbonyl (C=O) groups is 2. The molecule has 0 aliphatic carbocycles. The van der Waals surface area contributed by atoms with Gasteiger partial charge < -0.3 is 19.7 Å². The number of fused-ring (bicyclic) bond motifs is 1. The smallest absolute Gasteiger partial charge is 0.534 e. The van der Waals surface area contributed by atoms with Crippen LogP contribution in [0, 0.1) is 0 Å². The molecule has 1 aromatic rings. The Morgan fingerprint density at radius 1 is 1.48 bits per heavy atom. The van der Waals surface area contributed by atoms with E-state index < -0.39 is 40.7 Å². The van der Waals surface area contributed by atoms with Gasteiger partial charge in [-0.25, -0.2) is 18.4 Å². The third kappa shape index (κ3) is 5.55. The number of primary sulfonamides is 1. The van der Waals surface area contributed by atoms with Crippen LogP contribution in [0.4, 0.5) is 0 Å². The van der Waals surface area contributed by atoms with E-state index in [1.165, 1.54) is 6.07 Å². The van der Waals surface area contributed by atoms with Crippen LogP contribution in [-0.2, 0) is 26.0 Å². The molecule has 0 aromatic heterocycles. The average Bonchev–Trinajstić information content (AvgIpc) is 2.53. The molecule has 1 heterocycles.